The summed E-state index contributed by atoms with van der Waals surface area (Å²) < 4.78 is 1.18. The van der Waals surface area contributed by atoms with Gasteiger partial charge in [0.05, 0.1) is 0 Å². The Morgan fingerprint density at radius 3 is 2.71 bits per heavy atom. The van der Waals surface area contributed by atoms with Crippen molar-refractivity contribution in [1.29, 1.82) is 0 Å². The largest absolute Gasteiger partial charge is 0.365 e. The lowest BCUT2D eigenvalue weighted by atomic mass is 10.0. The maximum Gasteiger partial charge on any atom is 0.0450 e. The van der Waals surface area contributed by atoms with E-state index in [0.29, 0.717) is 12.1 Å². The van der Waals surface area contributed by atoms with Crippen LogP contribution in [0.1, 0.15) is 26.7 Å². The van der Waals surface area contributed by atoms with Gasteiger partial charge in [-0.25, -0.2) is 0 Å². The second-order valence-electron chi connectivity index (χ2n) is 6.01. The van der Waals surface area contributed by atoms with Crippen LogP contribution in [-0.2, 0) is 0 Å². The quantitative estimate of drug-likeness (QED) is 0.875. The van der Waals surface area contributed by atoms with Gasteiger partial charge in [-0.15, -0.1) is 0 Å². The van der Waals surface area contributed by atoms with E-state index in [4.69, 9.17) is 0 Å². The number of fused-ring (bicyclic) bond motifs is 1. The third-order valence-electron chi connectivity index (χ3n) is 4.45. The smallest absolute Gasteiger partial charge is 0.0450 e. The molecule has 3 rings (SSSR count). The summed E-state index contributed by atoms with van der Waals surface area (Å²) >= 11 is 3.68. The standard InChI is InChI=1S/C18H23BrN2/c1-3-6-14-12-21(13(2)11-20-14)18-10-9-17(19)15-7-4-5-8-16(15)18/h4-5,7-10,13-14,20H,3,6,11-12H2,1-2H3. The summed E-state index contributed by atoms with van der Waals surface area (Å²) in [5.41, 5.74) is 1.36. The minimum atomic E-state index is 0.530. The van der Waals surface area contributed by atoms with Gasteiger partial charge in [-0.05, 0) is 30.9 Å². The minimum Gasteiger partial charge on any atom is -0.365 e. The van der Waals surface area contributed by atoms with Crippen molar-refractivity contribution in [3.8, 4) is 0 Å². The van der Waals surface area contributed by atoms with Crippen LogP contribution in [0.5, 0.6) is 0 Å². The Morgan fingerprint density at radius 1 is 1.19 bits per heavy atom. The number of anilines is 1. The molecule has 1 saturated heterocycles. The highest BCUT2D eigenvalue weighted by Crippen LogP contribution is 2.34. The highest BCUT2D eigenvalue weighted by Gasteiger charge is 2.25. The van der Waals surface area contributed by atoms with Crippen LogP contribution in [0.15, 0.2) is 40.9 Å². The van der Waals surface area contributed by atoms with Gasteiger partial charge in [-0.2, -0.15) is 0 Å². The molecular weight excluding hydrogens is 324 g/mol. The number of piperazine rings is 1. The van der Waals surface area contributed by atoms with Gasteiger partial charge in [0, 0.05) is 40.7 Å². The lowest BCUT2D eigenvalue weighted by molar-refractivity contribution is 0.387. The van der Waals surface area contributed by atoms with Gasteiger partial charge < -0.3 is 10.2 Å². The molecule has 0 spiro atoms. The topological polar surface area (TPSA) is 15.3 Å². The molecule has 1 aliphatic heterocycles. The van der Waals surface area contributed by atoms with E-state index >= 15 is 0 Å². The maximum absolute atomic E-state index is 3.68. The monoisotopic (exact) mass is 346 g/mol. The summed E-state index contributed by atoms with van der Waals surface area (Å²) in [7, 11) is 0. The van der Waals surface area contributed by atoms with Crippen LogP contribution in [0.3, 0.4) is 0 Å². The van der Waals surface area contributed by atoms with E-state index < -0.39 is 0 Å². The van der Waals surface area contributed by atoms with E-state index in [0.717, 1.165) is 13.1 Å². The number of hydrogen-bond acceptors (Lipinski definition) is 2. The molecule has 3 heteroatoms. The van der Waals surface area contributed by atoms with E-state index in [9.17, 15) is 0 Å². The van der Waals surface area contributed by atoms with Crippen molar-refractivity contribution in [1.82, 2.24) is 5.32 Å². The second kappa shape index (κ2) is 6.37. The van der Waals surface area contributed by atoms with Crippen molar-refractivity contribution in [3.63, 3.8) is 0 Å². The molecule has 0 radical (unpaired) electrons. The SMILES string of the molecule is CCCC1CN(c2ccc(Br)c3ccccc23)C(C)CN1. The molecule has 1 N–H and O–H groups in total. The van der Waals surface area contributed by atoms with E-state index in [1.807, 2.05) is 0 Å². The van der Waals surface area contributed by atoms with E-state index in [1.54, 1.807) is 0 Å². The Kier molecular flexibility index (Phi) is 4.51. The predicted molar refractivity (Wildman–Crippen MR) is 95.2 cm³/mol. The first-order valence-corrected chi connectivity index (χ1v) is 8.67. The van der Waals surface area contributed by atoms with Crippen molar-refractivity contribution >= 4 is 32.4 Å². The number of benzene rings is 2. The summed E-state index contributed by atoms with van der Waals surface area (Å²) in [5.74, 6) is 0. The molecule has 2 aromatic carbocycles. The molecule has 0 bridgehead atoms. The van der Waals surface area contributed by atoms with E-state index in [-0.39, 0.29) is 0 Å². The molecule has 112 valence electrons. The number of nitrogens with zero attached hydrogens (tertiary/aromatic N) is 1. The van der Waals surface area contributed by atoms with Gasteiger partial charge in [0.15, 0.2) is 0 Å². The lowest BCUT2D eigenvalue weighted by Crippen LogP contribution is -2.55. The van der Waals surface area contributed by atoms with Crippen molar-refractivity contribution in [2.24, 2.45) is 0 Å². The zero-order valence-electron chi connectivity index (χ0n) is 12.8. The van der Waals surface area contributed by atoms with E-state index in [2.05, 4.69) is 76.4 Å². The minimum absolute atomic E-state index is 0.530. The second-order valence-corrected chi connectivity index (χ2v) is 6.86. The first-order chi connectivity index (χ1) is 10.2. The van der Waals surface area contributed by atoms with Crippen LogP contribution in [0.25, 0.3) is 10.8 Å². The van der Waals surface area contributed by atoms with Gasteiger partial charge in [0.2, 0.25) is 0 Å². The van der Waals surface area contributed by atoms with Crippen molar-refractivity contribution < 1.29 is 0 Å². The Balaban J connectivity index is 2.00. The highest BCUT2D eigenvalue weighted by atomic mass is 79.9. The molecule has 2 atom stereocenters. The molecule has 0 aromatic heterocycles. The van der Waals surface area contributed by atoms with Crippen LogP contribution in [0, 0.1) is 0 Å². The first-order valence-electron chi connectivity index (χ1n) is 7.88. The fourth-order valence-corrected chi connectivity index (χ4v) is 3.78. The Bertz CT molecular complexity index is 626. The van der Waals surface area contributed by atoms with Gasteiger partial charge in [0.1, 0.15) is 0 Å². The molecule has 2 unspecified atom stereocenters. The van der Waals surface area contributed by atoms with Crippen LogP contribution < -0.4 is 10.2 Å². The summed E-state index contributed by atoms with van der Waals surface area (Å²) in [4.78, 5) is 2.58. The summed E-state index contributed by atoms with van der Waals surface area (Å²) in [6.45, 7) is 6.74. The third-order valence-corrected chi connectivity index (χ3v) is 5.14. The molecule has 0 amide bonds. The number of halogens is 1. The molecule has 0 aliphatic carbocycles. The van der Waals surface area contributed by atoms with Crippen LogP contribution in [0.2, 0.25) is 0 Å². The van der Waals surface area contributed by atoms with Crippen molar-refractivity contribution in [3.05, 3.63) is 40.9 Å². The molecule has 1 fully saturated rings. The van der Waals surface area contributed by atoms with Crippen LogP contribution in [0.4, 0.5) is 5.69 Å². The zero-order valence-corrected chi connectivity index (χ0v) is 14.4. The fraction of sp³-hybridized carbons (Fsp3) is 0.444. The molecule has 1 aliphatic rings. The number of rotatable bonds is 3. The summed E-state index contributed by atoms with van der Waals surface area (Å²) in [5, 5.41) is 6.32. The van der Waals surface area contributed by atoms with Crippen molar-refractivity contribution in [2.45, 2.75) is 38.8 Å². The van der Waals surface area contributed by atoms with E-state index in [1.165, 1.54) is 33.8 Å². The Labute approximate surface area is 135 Å². The summed E-state index contributed by atoms with van der Waals surface area (Å²) in [6.07, 6.45) is 2.48. The van der Waals surface area contributed by atoms with Gasteiger partial charge in [-0.1, -0.05) is 53.5 Å². The van der Waals surface area contributed by atoms with Crippen molar-refractivity contribution in [2.75, 3.05) is 18.0 Å². The molecule has 21 heavy (non-hydrogen) atoms. The zero-order chi connectivity index (χ0) is 14.8. The third kappa shape index (κ3) is 2.95. The first kappa shape index (κ1) is 14.9. The average Bonchev–Trinajstić information content (AvgIpc) is 2.51. The number of hydrogen-bond donors (Lipinski definition) is 1. The predicted octanol–water partition coefficient (Wildman–Crippen LogP) is 4.57. The normalized spacial score (nSPS) is 22.7. The average molecular weight is 347 g/mol. The van der Waals surface area contributed by atoms with Gasteiger partial charge in [-0.3, -0.25) is 0 Å². The molecule has 2 aromatic rings. The highest BCUT2D eigenvalue weighted by molar-refractivity contribution is 9.10. The summed E-state index contributed by atoms with van der Waals surface area (Å²) in [6, 6.07) is 14.2. The molecule has 2 nitrogen and oxygen atoms in total. The van der Waals surface area contributed by atoms with Gasteiger partial charge in [0.25, 0.3) is 0 Å². The van der Waals surface area contributed by atoms with Gasteiger partial charge >= 0.3 is 0 Å². The number of nitrogens with one attached hydrogen (secondary N) is 1. The fourth-order valence-electron chi connectivity index (χ4n) is 3.30. The lowest BCUT2D eigenvalue weighted by Gasteiger charge is -2.41. The van der Waals surface area contributed by atoms with Crippen LogP contribution >= 0.6 is 15.9 Å². The van der Waals surface area contributed by atoms with Crippen LogP contribution in [-0.4, -0.2) is 25.2 Å². The Hall–Kier alpha value is -1.06. The molecular formula is C18H23BrN2. The molecule has 1 heterocycles. The maximum atomic E-state index is 3.68. The molecule has 0 saturated carbocycles. The Morgan fingerprint density at radius 2 is 1.95 bits per heavy atom.